The van der Waals surface area contributed by atoms with Gasteiger partial charge in [-0.25, -0.2) is 14.0 Å². The van der Waals surface area contributed by atoms with Crippen LogP contribution in [0, 0.1) is 17.2 Å². The van der Waals surface area contributed by atoms with Crippen molar-refractivity contribution in [1.82, 2.24) is 0 Å². The molecule has 1 fully saturated rings. The smallest absolute Gasteiger partial charge is 0.333 e. The first-order chi connectivity index (χ1) is 29.0. The summed E-state index contributed by atoms with van der Waals surface area (Å²) in [6, 6.07) is 9.20. The van der Waals surface area contributed by atoms with Crippen LogP contribution in [-0.2, 0) is 60.6 Å². The van der Waals surface area contributed by atoms with Gasteiger partial charge >= 0.3 is 23.9 Å². The van der Waals surface area contributed by atoms with E-state index in [2.05, 4.69) is 20.1 Å². The fourth-order valence-corrected chi connectivity index (χ4v) is 7.36. The molecule has 0 heterocycles. The molecule has 0 atom stereocenters. The molecule has 12 heteroatoms. The van der Waals surface area contributed by atoms with Crippen LogP contribution in [0.5, 0.6) is 5.75 Å². The Morgan fingerprint density at radius 2 is 1.28 bits per heavy atom. The third-order valence-electron chi connectivity index (χ3n) is 10.9. The molecule has 0 radical (unpaired) electrons. The van der Waals surface area contributed by atoms with Gasteiger partial charge in [0.05, 0.1) is 6.61 Å². The van der Waals surface area contributed by atoms with Crippen LogP contribution in [0.1, 0.15) is 135 Å². The van der Waals surface area contributed by atoms with E-state index in [1.54, 1.807) is 19.1 Å². The van der Waals surface area contributed by atoms with Crippen LogP contribution >= 0.6 is 0 Å². The number of Topliss-reactive ketones (excluding diaryl/α,β-unsaturated/α-hetero) is 2. The van der Waals surface area contributed by atoms with Gasteiger partial charge in [-0.3, -0.25) is 19.2 Å². The molecule has 2 aromatic carbocycles. The summed E-state index contributed by atoms with van der Waals surface area (Å²) < 4.78 is 44.6. The number of halogens is 1. The molecule has 61 heavy (non-hydrogen) atoms. The summed E-state index contributed by atoms with van der Waals surface area (Å²) in [5.41, 5.74) is 2.33. The molecule has 334 valence electrons. The molecule has 1 aliphatic rings. The number of esters is 4. The van der Waals surface area contributed by atoms with Gasteiger partial charge in [-0.05, 0) is 125 Å². The normalized spacial score (nSPS) is 15.0. The SMILES string of the molecule is C=C(C)C(=O)OCCCc1cc(-c2ccc(C3CCC(CCCCC)CC3)cc2F)c(CC)cc1OCC(COC(=O)CC(C)=O)(COC(=O)CC(C)=O)COC(=O)C(=C)C. The van der Waals surface area contributed by atoms with Gasteiger partial charge in [0.15, 0.2) is 0 Å². The Hall–Kier alpha value is -5.13. The first-order valence-electron chi connectivity index (χ1n) is 21.5. The van der Waals surface area contributed by atoms with Gasteiger partial charge < -0.3 is 23.7 Å². The van der Waals surface area contributed by atoms with E-state index in [-0.39, 0.29) is 30.2 Å². The highest BCUT2D eigenvalue weighted by atomic mass is 19.1. The Labute approximate surface area is 360 Å². The van der Waals surface area contributed by atoms with E-state index >= 15 is 4.39 Å². The van der Waals surface area contributed by atoms with Crippen molar-refractivity contribution >= 4 is 35.4 Å². The fraction of sp³-hybridized carbons (Fsp3) is 0.551. The largest absolute Gasteiger partial charge is 0.492 e. The molecule has 2 aromatic rings. The number of ketones is 2. The van der Waals surface area contributed by atoms with Crippen LogP contribution < -0.4 is 4.74 Å². The number of carbonyl (C=O) groups is 6. The lowest BCUT2D eigenvalue weighted by Crippen LogP contribution is -2.44. The lowest BCUT2D eigenvalue weighted by Gasteiger charge is -2.32. The van der Waals surface area contributed by atoms with E-state index in [1.165, 1.54) is 46.5 Å². The number of hydrogen-bond donors (Lipinski definition) is 0. The predicted octanol–water partition coefficient (Wildman–Crippen LogP) is 9.49. The zero-order chi connectivity index (χ0) is 45.1. The summed E-state index contributed by atoms with van der Waals surface area (Å²) in [6.45, 7) is 15.1. The number of rotatable bonds is 26. The molecular formula is C49H65FO11. The molecule has 0 amide bonds. The van der Waals surface area contributed by atoms with Gasteiger partial charge in [-0.15, -0.1) is 0 Å². The van der Waals surface area contributed by atoms with Crippen molar-refractivity contribution in [1.29, 1.82) is 0 Å². The van der Waals surface area contributed by atoms with Gasteiger partial charge in [0, 0.05) is 16.7 Å². The summed E-state index contributed by atoms with van der Waals surface area (Å²) in [5, 5.41) is 0. The lowest BCUT2D eigenvalue weighted by molar-refractivity contribution is -0.163. The summed E-state index contributed by atoms with van der Waals surface area (Å²) in [4.78, 5) is 73.4. The van der Waals surface area contributed by atoms with Crippen LogP contribution in [0.3, 0.4) is 0 Å². The van der Waals surface area contributed by atoms with Crippen molar-refractivity contribution in [2.24, 2.45) is 11.3 Å². The maximum atomic E-state index is 16.3. The van der Waals surface area contributed by atoms with Crippen LogP contribution in [0.25, 0.3) is 11.1 Å². The Bertz CT molecular complexity index is 1860. The Kier molecular flexibility index (Phi) is 20.6. The zero-order valence-corrected chi connectivity index (χ0v) is 37.1. The maximum absolute atomic E-state index is 16.3. The molecule has 0 aliphatic heterocycles. The number of benzene rings is 2. The van der Waals surface area contributed by atoms with E-state index < -0.39 is 73.5 Å². The van der Waals surface area contributed by atoms with E-state index in [1.807, 2.05) is 25.1 Å². The Morgan fingerprint density at radius 3 is 1.82 bits per heavy atom. The van der Waals surface area contributed by atoms with E-state index in [0.717, 1.165) is 42.7 Å². The molecule has 3 rings (SSSR count). The zero-order valence-electron chi connectivity index (χ0n) is 37.1. The minimum absolute atomic E-state index is 0.0684. The third-order valence-corrected chi connectivity index (χ3v) is 10.9. The Morgan fingerprint density at radius 1 is 0.689 bits per heavy atom. The summed E-state index contributed by atoms with van der Waals surface area (Å²) >= 11 is 0. The van der Waals surface area contributed by atoms with E-state index in [9.17, 15) is 28.8 Å². The topological polar surface area (TPSA) is 149 Å². The number of hydrogen-bond acceptors (Lipinski definition) is 11. The number of carbonyl (C=O) groups excluding carboxylic acids is 6. The second-order valence-corrected chi connectivity index (χ2v) is 16.7. The van der Waals surface area contributed by atoms with Crippen molar-refractivity contribution in [3.63, 3.8) is 0 Å². The van der Waals surface area contributed by atoms with Gasteiger partial charge in [0.2, 0.25) is 0 Å². The summed E-state index contributed by atoms with van der Waals surface area (Å²) in [5.74, 6) is -2.81. The molecular weight excluding hydrogens is 784 g/mol. The second kappa shape index (κ2) is 25.0. The van der Waals surface area contributed by atoms with Crippen molar-refractivity contribution in [2.75, 3.05) is 33.0 Å². The Balaban J connectivity index is 2.03. The molecule has 0 aromatic heterocycles. The fourth-order valence-electron chi connectivity index (χ4n) is 7.36. The van der Waals surface area contributed by atoms with Crippen LogP contribution in [0.2, 0.25) is 0 Å². The number of unbranched alkanes of at least 4 members (excludes halogenated alkanes) is 2. The third kappa shape index (κ3) is 16.7. The molecule has 0 spiro atoms. The summed E-state index contributed by atoms with van der Waals surface area (Å²) in [7, 11) is 0. The van der Waals surface area contributed by atoms with Crippen LogP contribution in [0.4, 0.5) is 4.39 Å². The van der Waals surface area contributed by atoms with E-state index in [0.29, 0.717) is 47.6 Å². The van der Waals surface area contributed by atoms with Gasteiger partial charge in [0.25, 0.3) is 0 Å². The first-order valence-corrected chi connectivity index (χ1v) is 21.5. The standard InChI is InChI=1S/C49H65FO11/c1-9-11-12-14-36-16-18-38(19-17-36)39-20-21-41(43(50)26-39)42-25-40(15-13-22-57-47(55)32(3)4)44(27-37(42)10-2)58-28-49(31-61-48(56)33(5)6,29-59-45(53)23-34(7)51)30-60-46(54)24-35(8)52/h20-21,25-27,36,38H,3,5,9-19,22-24,28-31H2,1-2,4,6-8H3. The average molecular weight is 849 g/mol. The maximum Gasteiger partial charge on any atom is 0.333 e. The van der Waals surface area contributed by atoms with Gasteiger partial charge in [0.1, 0.15) is 67.8 Å². The lowest BCUT2D eigenvalue weighted by atomic mass is 9.76. The highest BCUT2D eigenvalue weighted by Gasteiger charge is 2.38. The van der Waals surface area contributed by atoms with Crippen molar-refractivity contribution < 1.29 is 56.8 Å². The molecule has 1 aliphatic carbocycles. The quantitative estimate of drug-likeness (QED) is 0.0293. The van der Waals surface area contributed by atoms with Crippen LogP contribution in [0.15, 0.2) is 54.6 Å². The summed E-state index contributed by atoms with van der Waals surface area (Å²) in [6.07, 6.45) is 9.55. The second-order valence-electron chi connectivity index (χ2n) is 16.7. The molecule has 0 saturated heterocycles. The highest BCUT2D eigenvalue weighted by Crippen LogP contribution is 2.40. The molecule has 0 bridgehead atoms. The minimum Gasteiger partial charge on any atom is -0.492 e. The monoisotopic (exact) mass is 848 g/mol. The molecule has 11 nitrogen and oxygen atoms in total. The highest BCUT2D eigenvalue weighted by molar-refractivity contribution is 5.94. The average Bonchev–Trinajstić information content (AvgIpc) is 3.21. The van der Waals surface area contributed by atoms with Crippen molar-refractivity contribution in [3.8, 4) is 16.9 Å². The van der Waals surface area contributed by atoms with Gasteiger partial charge in [-0.2, -0.15) is 0 Å². The first kappa shape index (κ1) is 50.2. The molecule has 0 unspecified atom stereocenters. The van der Waals surface area contributed by atoms with E-state index in [4.69, 9.17) is 23.7 Å². The van der Waals surface area contributed by atoms with Crippen LogP contribution in [-0.4, -0.2) is 68.5 Å². The molecule has 0 N–H and O–H groups in total. The molecule has 1 saturated carbocycles. The number of aryl methyl sites for hydroxylation is 2. The van der Waals surface area contributed by atoms with Gasteiger partial charge in [-0.1, -0.05) is 64.8 Å². The number of ether oxygens (including phenoxy) is 5. The van der Waals surface area contributed by atoms with Crippen molar-refractivity contribution in [3.05, 3.63) is 77.1 Å². The minimum atomic E-state index is -1.53. The van der Waals surface area contributed by atoms with Crippen molar-refractivity contribution in [2.45, 2.75) is 131 Å². The predicted molar refractivity (Wildman–Crippen MR) is 230 cm³/mol.